The van der Waals surface area contributed by atoms with Gasteiger partial charge in [0, 0.05) is 31.0 Å². The zero-order valence-corrected chi connectivity index (χ0v) is 14.8. The molecule has 2 aromatic heterocycles. The average Bonchev–Trinajstić information content (AvgIpc) is 3.19. The third kappa shape index (κ3) is 3.59. The first kappa shape index (κ1) is 17.7. The van der Waals surface area contributed by atoms with E-state index in [0.717, 1.165) is 11.6 Å². The second-order valence-electron chi connectivity index (χ2n) is 5.87. The van der Waals surface area contributed by atoms with E-state index in [2.05, 4.69) is 15.1 Å². The maximum atomic E-state index is 13.4. The Morgan fingerprint density at radius 2 is 2.00 bits per heavy atom. The smallest absolute Gasteiger partial charge is 0.257 e. The minimum absolute atomic E-state index is 0.00315. The molecule has 0 N–H and O–H groups in total. The fourth-order valence-corrected chi connectivity index (χ4v) is 4.21. The summed E-state index contributed by atoms with van der Waals surface area (Å²) in [5.41, 5.74) is 0.722. The van der Waals surface area contributed by atoms with Crippen LogP contribution in [0.4, 0.5) is 4.39 Å². The van der Waals surface area contributed by atoms with E-state index in [-0.39, 0.29) is 30.5 Å². The van der Waals surface area contributed by atoms with Crippen LogP contribution in [0.25, 0.3) is 11.4 Å². The summed E-state index contributed by atoms with van der Waals surface area (Å²) in [5.74, 6) is -0.0677. The summed E-state index contributed by atoms with van der Waals surface area (Å²) in [4.78, 5) is 8.12. The van der Waals surface area contributed by atoms with Crippen LogP contribution in [0.5, 0.6) is 0 Å². The van der Waals surface area contributed by atoms with Gasteiger partial charge in [-0.2, -0.15) is 9.29 Å². The average molecular weight is 390 g/mol. The van der Waals surface area contributed by atoms with E-state index in [0.29, 0.717) is 5.82 Å². The molecule has 1 saturated heterocycles. The molecule has 3 aromatic rings. The Balaban J connectivity index is 1.56. The monoisotopic (exact) mass is 390 g/mol. The van der Waals surface area contributed by atoms with Crippen LogP contribution in [0.15, 0.2) is 58.2 Å². The van der Waals surface area contributed by atoms with Crippen molar-refractivity contribution in [3.05, 3.63) is 60.5 Å². The van der Waals surface area contributed by atoms with Gasteiger partial charge in [-0.25, -0.2) is 12.8 Å². The van der Waals surface area contributed by atoms with E-state index in [4.69, 9.17) is 9.26 Å². The number of nitrogens with zero attached hydrogens (tertiary/aromatic N) is 4. The highest BCUT2D eigenvalue weighted by atomic mass is 32.2. The minimum Gasteiger partial charge on any atom is -0.366 e. The number of aromatic nitrogens is 3. The van der Waals surface area contributed by atoms with Crippen molar-refractivity contribution in [3.63, 3.8) is 0 Å². The minimum atomic E-state index is -3.86. The number of hydrogen-bond acceptors (Lipinski definition) is 7. The Hall–Kier alpha value is -2.69. The third-order valence-corrected chi connectivity index (χ3v) is 5.98. The molecule has 0 unspecified atom stereocenters. The zero-order valence-electron chi connectivity index (χ0n) is 14.0. The first-order valence-electron chi connectivity index (χ1n) is 8.15. The maximum Gasteiger partial charge on any atom is 0.257 e. The fourth-order valence-electron chi connectivity index (χ4n) is 2.75. The van der Waals surface area contributed by atoms with Gasteiger partial charge in [0.15, 0.2) is 6.10 Å². The number of halogens is 1. The third-order valence-electron chi connectivity index (χ3n) is 4.12. The largest absolute Gasteiger partial charge is 0.366 e. The van der Waals surface area contributed by atoms with Gasteiger partial charge in [0.25, 0.3) is 5.89 Å². The van der Waals surface area contributed by atoms with Crippen LogP contribution in [-0.2, 0) is 14.8 Å². The normalized spacial score (nSPS) is 18.5. The van der Waals surface area contributed by atoms with Gasteiger partial charge >= 0.3 is 0 Å². The van der Waals surface area contributed by atoms with Gasteiger partial charge < -0.3 is 9.26 Å². The number of morpholine rings is 1. The lowest BCUT2D eigenvalue weighted by molar-refractivity contribution is -0.0199. The van der Waals surface area contributed by atoms with Crippen molar-refractivity contribution in [2.45, 2.75) is 11.0 Å². The highest BCUT2D eigenvalue weighted by Gasteiger charge is 2.34. The molecule has 140 valence electrons. The SMILES string of the molecule is O=S(=O)(c1cccc(F)c1)N1CCO[C@@H](c2nc(-c3ccncc3)no2)C1. The molecule has 4 rings (SSSR count). The van der Waals surface area contributed by atoms with E-state index in [1.54, 1.807) is 24.5 Å². The van der Waals surface area contributed by atoms with E-state index in [1.165, 1.54) is 22.5 Å². The molecule has 0 amide bonds. The number of hydrogen-bond donors (Lipinski definition) is 0. The first-order chi connectivity index (χ1) is 13.0. The van der Waals surface area contributed by atoms with Gasteiger partial charge in [-0.3, -0.25) is 4.98 Å². The summed E-state index contributed by atoms with van der Waals surface area (Å²) < 4.78 is 51.1. The molecule has 27 heavy (non-hydrogen) atoms. The summed E-state index contributed by atoms with van der Waals surface area (Å²) in [6.45, 7) is 0.309. The lowest BCUT2D eigenvalue weighted by atomic mass is 10.2. The molecule has 1 aliphatic rings. The van der Waals surface area contributed by atoms with E-state index in [1.807, 2.05) is 0 Å². The van der Waals surface area contributed by atoms with Crippen molar-refractivity contribution in [2.75, 3.05) is 19.7 Å². The van der Waals surface area contributed by atoms with Gasteiger partial charge in [0.1, 0.15) is 5.82 Å². The number of ether oxygens (including phenoxy) is 1. The Morgan fingerprint density at radius 1 is 1.19 bits per heavy atom. The van der Waals surface area contributed by atoms with Crippen LogP contribution < -0.4 is 0 Å². The summed E-state index contributed by atoms with van der Waals surface area (Å²) in [7, 11) is -3.86. The summed E-state index contributed by atoms with van der Waals surface area (Å²) in [6, 6.07) is 8.37. The molecule has 1 aromatic carbocycles. The van der Waals surface area contributed by atoms with Gasteiger partial charge in [0.05, 0.1) is 11.5 Å². The number of rotatable bonds is 4. The number of sulfonamides is 1. The zero-order chi connectivity index (χ0) is 18.9. The second-order valence-corrected chi connectivity index (χ2v) is 7.81. The van der Waals surface area contributed by atoms with Crippen molar-refractivity contribution >= 4 is 10.0 Å². The summed E-state index contributed by atoms with van der Waals surface area (Å²) >= 11 is 0. The molecule has 0 aliphatic carbocycles. The Morgan fingerprint density at radius 3 is 2.78 bits per heavy atom. The molecule has 10 heteroatoms. The predicted octanol–water partition coefficient (Wildman–Crippen LogP) is 2.03. The lowest BCUT2D eigenvalue weighted by Gasteiger charge is -2.30. The lowest BCUT2D eigenvalue weighted by Crippen LogP contribution is -2.42. The Labute approximate surface area is 154 Å². The Kier molecular flexibility index (Phi) is 4.68. The van der Waals surface area contributed by atoms with Crippen molar-refractivity contribution in [2.24, 2.45) is 0 Å². The van der Waals surface area contributed by atoms with Crippen molar-refractivity contribution in [1.29, 1.82) is 0 Å². The molecule has 0 spiro atoms. The maximum absolute atomic E-state index is 13.4. The highest BCUT2D eigenvalue weighted by Crippen LogP contribution is 2.27. The predicted molar refractivity (Wildman–Crippen MR) is 91.4 cm³/mol. The molecule has 1 atom stereocenters. The molecule has 0 saturated carbocycles. The van der Waals surface area contributed by atoms with E-state index in [9.17, 15) is 12.8 Å². The molecular weight excluding hydrogens is 375 g/mol. The van der Waals surface area contributed by atoms with Crippen LogP contribution in [0.1, 0.15) is 12.0 Å². The summed E-state index contributed by atoms with van der Waals surface area (Å²) in [6.07, 6.45) is 2.51. The number of benzene rings is 1. The van der Waals surface area contributed by atoms with Crippen molar-refractivity contribution < 1.29 is 22.1 Å². The fraction of sp³-hybridized carbons (Fsp3) is 0.235. The highest BCUT2D eigenvalue weighted by molar-refractivity contribution is 7.89. The van der Waals surface area contributed by atoms with Crippen LogP contribution in [0, 0.1) is 5.82 Å². The second kappa shape index (κ2) is 7.14. The van der Waals surface area contributed by atoms with Crippen LogP contribution >= 0.6 is 0 Å². The molecule has 3 heterocycles. The Bertz CT molecular complexity index is 1040. The molecule has 8 nitrogen and oxygen atoms in total. The van der Waals surface area contributed by atoms with Crippen LogP contribution in [-0.4, -0.2) is 47.5 Å². The molecular formula is C17H15FN4O4S. The van der Waals surface area contributed by atoms with Gasteiger partial charge in [-0.15, -0.1) is 0 Å². The van der Waals surface area contributed by atoms with Crippen molar-refractivity contribution in [3.8, 4) is 11.4 Å². The van der Waals surface area contributed by atoms with E-state index >= 15 is 0 Å². The standard InChI is InChI=1S/C17H15FN4O4S/c18-13-2-1-3-14(10-13)27(23,24)22-8-9-25-15(11-22)17-20-16(21-26-17)12-4-6-19-7-5-12/h1-7,10,15H,8-9,11H2/t15-/m1/s1. The molecule has 0 bridgehead atoms. The van der Waals surface area contributed by atoms with Crippen LogP contribution in [0.3, 0.4) is 0 Å². The number of pyridine rings is 1. The summed E-state index contributed by atoms with van der Waals surface area (Å²) in [5, 5.41) is 3.91. The molecule has 0 radical (unpaired) electrons. The van der Waals surface area contributed by atoms with Gasteiger partial charge in [-0.05, 0) is 30.3 Å². The molecule has 1 aliphatic heterocycles. The quantitative estimate of drug-likeness (QED) is 0.672. The van der Waals surface area contributed by atoms with E-state index < -0.39 is 21.9 Å². The topological polar surface area (TPSA) is 98.4 Å². The van der Waals surface area contributed by atoms with Gasteiger partial charge in [-0.1, -0.05) is 11.2 Å². The van der Waals surface area contributed by atoms with Crippen molar-refractivity contribution in [1.82, 2.24) is 19.4 Å². The van der Waals surface area contributed by atoms with Gasteiger partial charge in [0.2, 0.25) is 15.8 Å². The van der Waals surface area contributed by atoms with Crippen LogP contribution in [0.2, 0.25) is 0 Å². The molecule has 1 fully saturated rings. The first-order valence-corrected chi connectivity index (χ1v) is 9.59.